The van der Waals surface area contributed by atoms with Crippen molar-refractivity contribution in [2.24, 2.45) is 0 Å². The van der Waals surface area contributed by atoms with Crippen LogP contribution in [0, 0.1) is 6.92 Å². The molecule has 0 aromatic heterocycles. The Kier molecular flexibility index (Phi) is 5.96. The van der Waals surface area contributed by atoms with E-state index in [1.807, 2.05) is 23.9 Å². The van der Waals surface area contributed by atoms with Crippen LogP contribution in [0.1, 0.15) is 11.1 Å². The summed E-state index contributed by atoms with van der Waals surface area (Å²) in [4.78, 5) is 1.32. The van der Waals surface area contributed by atoms with Gasteiger partial charge in [-0.1, -0.05) is 35.9 Å². The number of methoxy groups -OCH3 is 1. The second kappa shape index (κ2) is 7.98. The highest BCUT2D eigenvalue weighted by Gasteiger charge is 2.02. The minimum absolute atomic E-state index is 0.847. The first-order valence-corrected chi connectivity index (χ1v) is 7.80. The molecule has 3 heteroatoms. The third kappa shape index (κ3) is 4.58. The van der Waals surface area contributed by atoms with Crippen LogP contribution >= 0.6 is 11.8 Å². The Morgan fingerprint density at radius 2 is 1.90 bits per heavy atom. The fourth-order valence-corrected chi connectivity index (χ4v) is 2.86. The summed E-state index contributed by atoms with van der Waals surface area (Å²) < 4.78 is 5.38. The van der Waals surface area contributed by atoms with E-state index in [1.165, 1.54) is 16.0 Å². The summed E-state index contributed by atoms with van der Waals surface area (Å²) >= 11 is 1.87. The van der Waals surface area contributed by atoms with Gasteiger partial charge < -0.3 is 10.1 Å². The van der Waals surface area contributed by atoms with Crippen molar-refractivity contribution in [1.82, 2.24) is 5.32 Å². The second-order valence-corrected chi connectivity index (χ2v) is 5.82. The van der Waals surface area contributed by atoms with Crippen molar-refractivity contribution in [2.45, 2.75) is 18.4 Å². The van der Waals surface area contributed by atoms with E-state index in [0.29, 0.717) is 0 Å². The molecule has 0 amide bonds. The molecule has 0 unspecified atom stereocenters. The Hall–Kier alpha value is -1.45. The van der Waals surface area contributed by atoms with Gasteiger partial charge in [-0.15, -0.1) is 11.8 Å². The van der Waals surface area contributed by atoms with Gasteiger partial charge in [-0.25, -0.2) is 0 Å². The van der Waals surface area contributed by atoms with Crippen LogP contribution in [-0.2, 0) is 6.54 Å². The first-order valence-electron chi connectivity index (χ1n) is 6.81. The molecule has 0 saturated carbocycles. The fraction of sp³-hybridized carbons (Fsp3) is 0.294. The maximum absolute atomic E-state index is 5.38. The van der Waals surface area contributed by atoms with E-state index in [1.54, 1.807) is 7.11 Å². The summed E-state index contributed by atoms with van der Waals surface area (Å²) in [7, 11) is 1.72. The number of rotatable bonds is 7. The maximum atomic E-state index is 5.38. The number of benzene rings is 2. The molecule has 2 rings (SSSR count). The van der Waals surface area contributed by atoms with Gasteiger partial charge in [-0.3, -0.25) is 0 Å². The van der Waals surface area contributed by atoms with Crippen LogP contribution in [0.25, 0.3) is 0 Å². The average Bonchev–Trinajstić information content (AvgIpc) is 2.48. The first-order chi connectivity index (χ1) is 9.79. The van der Waals surface area contributed by atoms with Gasteiger partial charge in [0.2, 0.25) is 0 Å². The molecule has 1 N–H and O–H groups in total. The molecule has 20 heavy (non-hydrogen) atoms. The van der Waals surface area contributed by atoms with E-state index in [-0.39, 0.29) is 0 Å². The zero-order valence-electron chi connectivity index (χ0n) is 12.1. The van der Waals surface area contributed by atoms with E-state index in [0.717, 1.165) is 24.6 Å². The van der Waals surface area contributed by atoms with E-state index in [4.69, 9.17) is 4.74 Å². The Labute approximate surface area is 125 Å². The van der Waals surface area contributed by atoms with E-state index in [2.05, 4.69) is 48.6 Å². The molecule has 0 radical (unpaired) electrons. The number of aryl methyl sites for hydroxylation is 1. The van der Waals surface area contributed by atoms with Crippen LogP contribution in [0.5, 0.6) is 5.75 Å². The summed E-state index contributed by atoms with van der Waals surface area (Å²) in [5, 5.41) is 3.47. The molecule has 0 aliphatic rings. The van der Waals surface area contributed by atoms with E-state index < -0.39 is 0 Å². The van der Waals surface area contributed by atoms with Gasteiger partial charge in [0.1, 0.15) is 5.75 Å². The molecular weight excluding hydrogens is 266 g/mol. The lowest BCUT2D eigenvalue weighted by atomic mass is 10.1. The summed E-state index contributed by atoms with van der Waals surface area (Å²) in [6.45, 7) is 3.94. The van der Waals surface area contributed by atoms with Gasteiger partial charge in [0.25, 0.3) is 0 Å². The highest BCUT2D eigenvalue weighted by Crippen LogP contribution is 2.19. The highest BCUT2D eigenvalue weighted by molar-refractivity contribution is 7.99. The Balaban J connectivity index is 1.75. The lowest BCUT2D eigenvalue weighted by Gasteiger charge is -2.10. The Morgan fingerprint density at radius 1 is 1.10 bits per heavy atom. The Bertz CT molecular complexity index is 528. The minimum Gasteiger partial charge on any atom is -0.496 e. The quantitative estimate of drug-likeness (QED) is 0.617. The molecule has 2 aromatic carbocycles. The predicted octanol–water partition coefficient (Wildman–Crippen LogP) is 3.89. The van der Waals surface area contributed by atoms with Gasteiger partial charge >= 0.3 is 0 Å². The number of hydrogen-bond acceptors (Lipinski definition) is 3. The third-order valence-corrected chi connectivity index (χ3v) is 4.06. The fourth-order valence-electron chi connectivity index (χ4n) is 2.03. The van der Waals surface area contributed by atoms with Gasteiger partial charge in [0.05, 0.1) is 7.11 Å². The van der Waals surface area contributed by atoms with Crippen molar-refractivity contribution in [3.05, 3.63) is 59.7 Å². The molecule has 0 aliphatic carbocycles. The van der Waals surface area contributed by atoms with Crippen molar-refractivity contribution >= 4 is 11.8 Å². The smallest absolute Gasteiger partial charge is 0.123 e. The predicted molar refractivity (Wildman–Crippen MR) is 86.6 cm³/mol. The van der Waals surface area contributed by atoms with Crippen molar-refractivity contribution in [3.8, 4) is 5.75 Å². The van der Waals surface area contributed by atoms with Crippen molar-refractivity contribution in [2.75, 3.05) is 19.4 Å². The summed E-state index contributed by atoms with van der Waals surface area (Å²) in [5.41, 5.74) is 2.48. The molecule has 0 aliphatic heterocycles. The van der Waals surface area contributed by atoms with Crippen LogP contribution in [0.3, 0.4) is 0 Å². The molecule has 0 fully saturated rings. The average molecular weight is 287 g/mol. The zero-order chi connectivity index (χ0) is 14.2. The lowest BCUT2D eigenvalue weighted by molar-refractivity contribution is 0.408. The molecule has 0 saturated heterocycles. The summed E-state index contributed by atoms with van der Waals surface area (Å²) in [5.74, 6) is 2.02. The number of ether oxygens (including phenoxy) is 1. The van der Waals surface area contributed by atoms with Crippen LogP contribution in [0.2, 0.25) is 0 Å². The third-order valence-electron chi connectivity index (χ3n) is 3.04. The van der Waals surface area contributed by atoms with Crippen LogP contribution in [-0.4, -0.2) is 19.4 Å². The molecule has 2 nitrogen and oxygen atoms in total. The van der Waals surface area contributed by atoms with Gasteiger partial charge in [-0.05, 0) is 25.1 Å². The summed E-state index contributed by atoms with van der Waals surface area (Å²) in [6, 6.07) is 16.8. The van der Waals surface area contributed by atoms with Crippen LogP contribution in [0.15, 0.2) is 53.4 Å². The standard InChI is InChI=1S/C17H21NOS/c1-14-8-9-17(19-2)15(12-14)13-18-10-11-20-16-6-4-3-5-7-16/h3-9,12,18H,10-11,13H2,1-2H3. The molecular formula is C17H21NOS. The number of thioether (sulfide) groups is 1. The monoisotopic (exact) mass is 287 g/mol. The topological polar surface area (TPSA) is 21.3 Å². The normalized spacial score (nSPS) is 10.5. The maximum Gasteiger partial charge on any atom is 0.123 e. The summed E-state index contributed by atoms with van der Waals surface area (Å²) in [6.07, 6.45) is 0. The lowest BCUT2D eigenvalue weighted by Crippen LogP contribution is -2.17. The molecule has 106 valence electrons. The van der Waals surface area contributed by atoms with Crippen molar-refractivity contribution in [1.29, 1.82) is 0 Å². The van der Waals surface area contributed by atoms with Crippen LogP contribution < -0.4 is 10.1 Å². The van der Waals surface area contributed by atoms with E-state index >= 15 is 0 Å². The van der Waals surface area contributed by atoms with Gasteiger partial charge in [-0.2, -0.15) is 0 Å². The first kappa shape index (κ1) is 14.9. The van der Waals surface area contributed by atoms with Crippen molar-refractivity contribution < 1.29 is 4.74 Å². The largest absolute Gasteiger partial charge is 0.496 e. The van der Waals surface area contributed by atoms with Gasteiger partial charge in [0, 0.05) is 29.3 Å². The minimum atomic E-state index is 0.847. The second-order valence-electron chi connectivity index (χ2n) is 4.65. The van der Waals surface area contributed by atoms with Crippen LogP contribution in [0.4, 0.5) is 0 Å². The van der Waals surface area contributed by atoms with E-state index in [9.17, 15) is 0 Å². The Morgan fingerprint density at radius 3 is 2.65 bits per heavy atom. The molecule has 0 spiro atoms. The highest BCUT2D eigenvalue weighted by atomic mass is 32.2. The molecule has 2 aromatic rings. The number of nitrogens with one attached hydrogen (secondary N) is 1. The van der Waals surface area contributed by atoms with Crippen molar-refractivity contribution in [3.63, 3.8) is 0 Å². The number of hydrogen-bond donors (Lipinski definition) is 1. The molecule has 0 atom stereocenters. The zero-order valence-corrected chi connectivity index (χ0v) is 12.9. The molecule has 0 heterocycles. The SMILES string of the molecule is COc1ccc(C)cc1CNCCSc1ccccc1. The van der Waals surface area contributed by atoms with Gasteiger partial charge in [0.15, 0.2) is 0 Å². The molecule has 0 bridgehead atoms.